The molecular formula is C20H34N2O5. The SMILES string of the molecule is CCOC(=O)C(CCC1CCCCC1)N[C@@H](C)C(=O)N1CCC[C@H]1C(=O)O. The van der Waals surface area contributed by atoms with E-state index in [1.165, 1.54) is 37.0 Å². The molecule has 2 rings (SSSR count). The van der Waals surface area contributed by atoms with E-state index in [1.807, 2.05) is 0 Å². The molecule has 27 heavy (non-hydrogen) atoms. The molecule has 2 N–H and O–H groups in total. The lowest BCUT2D eigenvalue weighted by molar-refractivity contribution is -0.150. The van der Waals surface area contributed by atoms with Crippen LogP contribution in [-0.2, 0) is 19.1 Å². The maximum absolute atomic E-state index is 12.7. The Morgan fingerprint density at radius 2 is 1.85 bits per heavy atom. The van der Waals surface area contributed by atoms with Crippen LogP contribution in [0.2, 0.25) is 0 Å². The summed E-state index contributed by atoms with van der Waals surface area (Å²) in [6.45, 7) is 4.22. The van der Waals surface area contributed by atoms with Crippen molar-refractivity contribution >= 4 is 17.8 Å². The van der Waals surface area contributed by atoms with Gasteiger partial charge in [0, 0.05) is 6.54 Å². The monoisotopic (exact) mass is 382 g/mol. The number of carbonyl (C=O) groups excluding carboxylic acids is 2. The molecule has 1 saturated heterocycles. The zero-order chi connectivity index (χ0) is 19.8. The summed E-state index contributed by atoms with van der Waals surface area (Å²) < 4.78 is 5.19. The zero-order valence-corrected chi connectivity index (χ0v) is 16.6. The summed E-state index contributed by atoms with van der Waals surface area (Å²) in [7, 11) is 0. The number of hydrogen-bond acceptors (Lipinski definition) is 5. The van der Waals surface area contributed by atoms with Crippen molar-refractivity contribution in [2.45, 2.75) is 89.8 Å². The number of rotatable bonds is 9. The van der Waals surface area contributed by atoms with Crippen LogP contribution in [0.25, 0.3) is 0 Å². The molecule has 1 heterocycles. The van der Waals surface area contributed by atoms with E-state index >= 15 is 0 Å². The molecule has 0 bridgehead atoms. The first kappa shape index (κ1) is 21.7. The van der Waals surface area contributed by atoms with Crippen molar-refractivity contribution in [2.24, 2.45) is 5.92 Å². The second-order valence-corrected chi connectivity index (χ2v) is 7.80. The van der Waals surface area contributed by atoms with E-state index in [0.717, 1.165) is 6.42 Å². The number of hydrogen-bond donors (Lipinski definition) is 2. The molecule has 2 fully saturated rings. The average Bonchev–Trinajstić information content (AvgIpc) is 3.15. The van der Waals surface area contributed by atoms with Gasteiger partial charge in [-0.25, -0.2) is 4.79 Å². The Morgan fingerprint density at radius 1 is 1.15 bits per heavy atom. The Kier molecular flexibility index (Phi) is 8.54. The van der Waals surface area contributed by atoms with Crippen molar-refractivity contribution in [1.29, 1.82) is 0 Å². The van der Waals surface area contributed by atoms with Crippen LogP contribution in [0.3, 0.4) is 0 Å². The number of ether oxygens (including phenoxy) is 1. The molecule has 3 atom stereocenters. The summed E-state index contributed by atoms with van der Waals surface area (Å²) in [5.74, 6) is -0.915. The van der Waals surface area contributed by atoms with E-state index in [2.05, 4.69) is 5.32 Å². The zero-order valence-electron chi connectivity index (χ0n) is 16.6. The van der Waals surface area contributed by atoms with Crippen molar-refractivity contribution in [2.75, 3.05) is 13.2 Å². The first-order valence-corrected chi connectivity index (χ1v) is 10.4. The second kappa shape index (κ2) is 10.6. The predicted octanol–water partition coefficient (Wildman–Crippen LogP) is 2.33. The molecule has 7 nitrogen and oxygen atoms in total. The minimum atomic E-state index is -0.965. The fourth-order valence-corrected chi connectivity index (χ4v) is 4.30. The molecule has 1 aliphatic carbocycles. The van der Waals surface area contributed by atoms with E-state index in [9.17, 15) is 19.5 Å². The van der Waals surface area contributed by atoms with Crippen LogP contribution in [0.1, 0.15) is 71.6 Å². The Labute approximate surface area is 161 Å². The molecule has 0 aromatic rings. The smallest absolute Gasteiger partial charge is 0.326 e. The van der Waals surface area contributed by atoms with Crippen molar-refractivity contribution in [3.8, 4) is 0 Å². The average molecular weight is 383 g/mol. The Hall–Kier alpha value is -1.63. The number of esters is 1. The molecule has 1 saturated carbocycles. The summed E-state index contributed by atoms with van der Waals surface area (Å²) in [5, 5.41) is 12.4. The van der Waals surface area contributed by atoms with E-state index < -0.39 is 24.1 Å². The molecular weight excluding hydrogens is 348 g/mol. The fourth-order valence-electron chi connectivity index (χ4n) is 4.30. The van der Waals surface area contributed by atoms with Crippen molar-refractivity contribution in [3.63, 3.8) is 0 Å². The number of amides is 1. The van der Waals surface area contributed by atoms with Gasteiger partial charge in [-0.15, -0.1) is 0 Å². The Morgan fingerprint density at radius 3 is 2.48 bits per heavy atom. The topological polar surface area (TPSA) is 95.9 Å². The molecule has 0 radical (unpaired) electrons. The summed E-state index contributed by atoms with van der Waals surface area (Å²) in [5.41, 5.74) is 0. The third kappa shape index (κ3) is 6.19. The van der Waals surface area contributed by atoms with Crippen molar-refractivity contribution < 1.29 is 24.2 Å². The molecule has 7 heteroatoms. The lowest BCUT2D eigenvalue weighted by Gasteiger charge is -2.29. The van der Waals surface area contributed by atoms with Gasteiger partial charge in [0.15, 0.2) is 0 Å². The van der Waals surface area contributed by atoms with Crippen LogP contribution in [0, 0.1) is 5.92 Å². The quantitative estimate of drug-likeness (QED) is 0.594. The van der Waals surface area contributed by atoms with Crippen LogP contribution in [0.5, 0.6) is 0 Å². The fraction of sp³-hybridized carbons (Fsp3) is 0.850. The summed E-state index contributed by atoms with van der Waals surface area (Å²) in [6, 6.07) is -1.91. The Bertz CT molecular complexity index is 519. The normalized spacial score (nSPS) is 23.0. The third-order valence-electron chi connectivity index (χ3n) is 5.80. The van der Waals surface area contributed by atoms with Gasteiger partial charge in [0.1, 0.15) is 12.1 Å². The molecule has 0 aromatic heterocycles. The largest absolute Gasteiger partial charge is 0.480 e. The molecule has 0 aromatic carbocycles. The number of likely N-dealkylation sites (tertiary alicyclic amines) is 1. The van der Waals surface area contributed by atoms with Crippen molar-refractivity contribution in [3.05, 3.63) is 0 Å². The highest BCUT2D eigenvalue weighted by atomic mass is 16.5. The summed E-state index contributed by atoms with van der Waals surface area (Å²) in [6.07, 6.45) is 8.97. The van der Waals surface area contributed by atoms with E-state index in [4.69, 9.17) is 4.74 Å². The number of carboxylic acid groups (broad SMARTS) is 1. The minimum absolute atomic E-state index is 0.258. The highest BCUT2D eigenvalue weighted by Gasteiger charge is 2.37. The summed E-state index contributed by atoms with van der Waals surface area (Å²) in [4.78, 5) is 37.9. The van der Waals surface area contributed by atoms with Gasteiger partial charge >= 0.3 is 11.9 Å². The standard InChI is InChI=1S/C20H34N2O5/c1-3-27-20(26)16(12-11-15-8-5-4-6-9-15)21-14(2)18(23)22-13-7-10-17(22)19(24)25/h14-17,21H,3-13H2,1-2H3,(H,24,25)/t14-,16?,17-/m0/s1. The lowest BCUT2D eigenvalue weighted by Crippen LogP contribution is -2.53. The van der Waals surface area contributed by atoms with E-state index in [1.54, 1.807) is 13.8 Å². The molecule has 1 unspecified atom stereocenters. The lowest BCUT2D eigenvalue weighted by atomic mass is 9.85. The second-order valence-electron chi connectivity index (χ2n) is 7.80. The van der Waals surface area contributed by atoms with Crippen LogP contribution < -0.4 is 5.32 Å². The number of nitrogens with zero attached hydrogens (tertiary/aromatic N) is 1. The molecule has 1 aliphatic heterocycles. The van der Waals surface area contributed by atoms with Gasteiger partial charge < -0.3 is 14.7 Å². The number of carbonyl (C=O) groups is 3. The van der Waals surface area contributed by atoms with Crippen LogP contribution in [0.4, 0.5) is 0 Å². The molecule has 1 amide bonds. The van der Waals surface area contributed by atoms with E-state index in [-0.39, 0.29) is 11.9 Å². The van der Waals surface area contributed by atoms with Gasteiger partial charge in [-0.1, -0.05) is 32.1 Å². The van der Waals surface area contributed by atoms with Gasteiger partial charge in [-0.05, 0) is 45.4 Å². The maximum Gasteiger partial charge on any atom is 0.326 e. The highest BCUT2D eigenvalue weighted by molar-refractivity contribution is 5.88. The number of carboxylic acids is 1. The van der Waals surface area contributed by atoms with Crippen LogP contribution >= 0.6 is 0 Å². The Balaban J connectivity index is 1.94. The molecule has 154 valence electrons. The van der Waals surface area contributed by atoms with Crippen molar-refractivity contribution in [1.82, 2.24) is 10.2 Å². The van der Waals surface area contributed by atoms with Crippen LogP contribution in [0.15, 0.2) is 0 Å². The van der Waals surface area contributed by atoms with Crippen LogP contribution in [-0.4, -0.2) is 59.1 Å². The molecule has 2 aliphatic rings. The maximum atomic E-state index is 12.7. The first-order chi connectivity index (χ1) is 12.9. The third-order valence-corrected chi connectivity index (χ3v) is 5.80. The number of nitrogens with one attached hydrogen (secondary N) is 1. The van der Waals surface area contributed by atoms with Gasteiger partial charge in [-0.3, -0.25) is 14.9 Å². The van der Waals surface area contributed by atoms with Gasteiger partial charge in [-0.2, -0.15) is 0 Å². The number of aliphatic carboxylic acids is 1. The summed E-state index contributed by atoms with van der Waals surface area (Å²) >= 11 is 0. The van der Waals surface area contributed by atoms with Gasteiger partial charge in [0.25, 0.3) is 0 Å². The van der Waals surface area contributed by atoms with Gasteiger partial charge in [0.2, 0.25) is 5.91 Å². The minimum Gasteiger partial charge on any atom is -0.480 e. The first-order valence-electron chi connectivity index (χ1n) is 10.4. The van der Waals surface area contributed by atoms with E-state index in [0.29, 0.717) is 38.3 Å². The van der Waals surface area contributed by atoms with Gasteiger partial charge in [0.05, 0.1) is 12.6 Å². The molecule has 0 spiro atoms. The highest BCUT2D eigenvalue weighted by Crippen LogP contribution is 2.28. The predicted molar refractivity (Wildman–Crippen MR) is 101 cm³/mol.